The Kier molecular flexibility index (Phi) is 6.63. The van der Waals surface area contributed by atoms with E-state index in [2.05, 4.69) is 15.7 Å². The topological polar surface area (TPSA) is 72.0 Å². The fraction of sp³-hybridized carbons (Fsp3) is 0.231. The average molecular weight is 281 g/mol. The summed E-state index contributed by atoms with van der Waals surface area (Å²) in [6.07, 6.45) is 3.43. The number of allylic oxidation sites excluding steroid dienone is 1. The summed E-state index contributed by atoms with van der Waals surface area (Å²) in [4.78, 5) is 5.05. The molecule has 6 heteroatoms. The van der Waals surface area contributed by atoms with Gasteiger partial charge >= 0.3 is 0 Å². The first kappa shape index (κ1) is 15.2. The third-order valence-corrected chi connectivity index (χ3v) is 2.36. The van der Waals surface area contributed by atoms with Crippen LogP contribution in [0.25, 0.3) is 0 Å². The molecule has 0 aliphatic rings. The van der Waals surface area contributed by atoms with Gasteiger partial charge in [0.15, 0.2) is 0 Å². The molecule has 5 nitrogen and oxygen atoms in total. The van der Waals surface area contributed by atoms with E-state index in [9.17, 15) is 0 Å². The number of halogens is 1. The summed E-state index contributed by atoms with van der Waals surface area (Å²) in [6.45, 7) is 4.37. The van der Waals surface area contributed by atoms with E-state index in [0.717, 1.165) is 11.1 Å². The first-order valence-electron chi connectivity index (χ1n) is 5.72. The molecule has 19 heavy (non-hydrogen) atoms. The molecule has 0 bridgehead atoms. The highest BCUT2D eigenvalue weighted by atomic mass is 35.5. The number of nitrogens with one attached hydrogen (secondary N) is 1. The van der Waals surface area contributed by atoms with Gasteiger partial charge < -0.3 is 5.73 Å². The third-order valence-electron chi connectivity index (χ3n) is 2.02. The largest absolute Gasteiger partial charge is 0.367 e. The highest BCUT2D eigenvalue weighted by molar-refractivity contribution is 6.33. The normalized spacial score (nSPS) is 11.6. The molecule has 1 rings (SSSR count). The van der Waals surface area contributed by atoms with Crippen LogP contribution in [-0.2, 0) is 4.84 Å². The van der Waals surface area contributed by atoms with E-state index in [1.54, 1.807) is 6.07 Å². The third kappa shape index (κ3) is 6.59. The van der Waals surface area contributed by atoms with Gasteiger partial charge in [0, 0.05) is 10.6 Å². The smallest absolute Gasteiger partial charge is 0.237 e. The molecule has 0 heterocycles. The molecule has 0 aliphatic carbocycles. The van der Waals surface area contributed by atoms with E-state index < -0.39 is 0 Å². The fourth-order valence-corrected chi connectivity index (χ4v) is 1.26. The van der Waals surface area contributed by atoms with Crippen molar-refractivity contribution in [2.24, 2.45) is 15.9 Å². The standard InChI is InChI=1S/C13H17ClN4O/c1-10(2)7-8-19-18-13(15)17-16-9-11-5-3-4-6-12(11)14/h3-7,9H,8H2,1-2H3,(H3,15,17,18). The van der Waals surface area contributed by atoms with Gasteiger partial charge in [-0.1, -0.05) is 41.4 Å². The molecule has 0 aliphatic heterocycles. The zero-order valence-electron chi connectivity index (χ0n) is 10.9. The minimum Gasteiger partial charge on any atom is -0.367 e. The van der Waals surface area contributed by atoms with Gasteiger partial charge in [-0.15, -0.1) is 5.10 Å². The minimum absolute atomic E-state index is 0.0745. The average Bonchev–Trinajstić information content (AvgIpc) is 2.37. The van der Waals surface area contributed by atoms with E-state index >= 15 is 0 Å². The lowest BCUT2D eigenvalue weighted by atomic mass is 10.2. The van der Waals surface area contributed by atoms with Crippen LogP contribution in [0.1, 0.15) is 19.4 Å². The lowest BCUT2D eigenvalue weighted by molar-refractivity contribution is 0.109. The van der Waals surface area contributed by atoms with Crippen LogP contribution in [0.5, 0.6) is 0 Å². The minimum atomic E-state index is 0.0745. The predicted molar refractivity (Wildman–Crippen MR) is 79.2 cm³/mol. The second-order valence-corrected chi connectivity index (χ2v) is 4.35. The van der Waals surface area contributed by atoms with Gasteiger partial charge in [-0.05, 0) is 19.9 Å². The van der Waals surface area contributed by atoms with E-state index in [1.165, 1.54) is 6.21 Å². The van der Waals surface area contributed by atoms with Crippen molar-refractivity contribution in [2.45, 2.75) is 13.8 Å². The maximum Gasteiger partial charge on any atom is 0.237 e. The van der Waals surface area contributed by atoms with E-state index in [1.807, 2.05) is 38.1 Å². The molecular weight excluding hydrogens is 264 g/mol. The van der Waals surface area contributed by atoms with Crippen molar-refractivity contribution in [2.75, 3.05) is 6.61 Å². The molecule has 0 radical (unpaired) electrons. The Balaban J connectivity index is 2.43. The van der Waals surface area contributed by atoms with Crippen molar-refractivity contribution in [3.05, 3.63) is 46.5 Å². The molecule has 1 aromatic carbocycles. The number of rotatable bonds is 5. The maximum atomic E-state index is 5.95. The van der Waals surface area contributed by atoms with Gasteiger partial charge in [0.05, 0.1) is 12.8 Å². The highest BCUT2D eigenvalue weighted by Gasteiger charge is 1.93. The van der Waals surface area contributed by atoms with Crippen LogP contribution < -0.4 is 11.2 Å². The summed E-state index contributed by atoms with van der Waals surface area (Å²) < 4.78 is 0. The first-order valence-corrected chi connectivity index (χ1v) is 6.09. The van der Waals surface area contributed by atoms with Crippen molar-refractivity contribution in [1.82, 2.24) is 5.48 Å². The first-order chi connectivity index (χ1) is 9.09. The zero-order valence-corrected chi connectivity index (χ0v) is 11.7. The zero-order chi connectivity index (χ0) is 14.1. The van der Waals surface area contributed by atoms with Gasteiger partial charge in [0.1, 0.15) is 0 Å². The van der Waals surface area contributed by atoms with Crippen molar-refractivity contribution >= 4 is 23.8 Å². The predicted octanol–water partition coefficient (Wildman–Crippen LogP) is 2.48. The molecule has 1 aromatic rings. The quantitative estimate of drug-likeness (QED) is 0.286. The number of guanidine groups is 1. The number of nitrogens with two attached hydrogens (primary N) is 1. The van der Waals surface area contributed by atoms with Gasteiger partial charge in [-0.2, -0.15) is 5.10 Å². The summed E-state index contributed by atoms with van der Waals surface area (Å²) in [5, 5.41) is 8.14. The van der Waals surface area contributed by atoms with E-state index in [0.29, 0.717) is 11.6 Å². The van der Waals surface area contributed by atoms with Crippen molar-refractivity contribution in [3.8, 4) is 0 Å². The molecule has 0 saturated heterocycles. The Labute approximate surface area is 117 Å². The molecule has 102 valence electrons. The molecule has 3 N–H and O–H groups in total. The molecule has 0 amide bonds. The molecule has 0 saturated carbocycles. The van der Waals surface area contributed by atoms with Crippen LogP contribution in [0.2, 0.25) is 5.02 Å². The molecule has 0 unspecified atom stereocenters. The van der Waals surface area contributed by atoms with Crippen LogP contribution in [0.15, 0.2) is 46.1 Å². The summed E-state index contributed by atoms with van der Waals surface area (Å²) in [5.41, 5.74) is 9.95. The van der Waals surface area contributed by atoms with E-state index in [-0.39, 0.29) is 5.96 Å². The second kappa shape index (κ2) is 8.29. The SMILES string of the molecule is CC(C)=CCON/C(N)=N\N=Cc1ccccc1Cl. The number of hydrogen-bond acceptors (Lipinski definition) is 3. The van der Waals surface area contributed by atoms with Crippen LogP contribution in [0.4, 0.5) is 0 Å². The number of hydroxylamine groups is 1. The van der Waals surface area contributed by atoms with Crippen LogP contribution in [0, 0.1) is 0 Å². The Bertz CT molecular complexity index is 493. The van der Waals surface area contributed by atoms with Gasteiger partial charge in [0.25, 0.3) is 0 Å². The summed E-state index contributed by atoms with van der Waals surface area (Å²) in [6, 6.07) is 7.31. The molecule has 0 fully saturated rings. The maximum absolute atomic E-state index is 5.95. The fourth-order valence-electron chi connectivity index (χ4n) is 1.08. The Hall–Kier alpha value is -1.85. The van der Waals surface area contributed by atoms with E-state index in [4.69, 9.17) is 22.2 Å². The summed E-state index contributed by atoms with van der Waals surface area (Å²) in [7, 11) is 0. The molecular formula is C13H17ClN4O. The van der Waals surface area contributed by atoms with Crippen LogP contribution in [-0.4, -0.2) is 18.8 Å². The monoisotopic (exact) mass is 280 g/mol. The highest BCUT2D eigenvalue weighted by Crippen LogP contribution is 2.12. The lowest BCUT2D eigenvalue weighted by Crippen LogP contribution is -2.31. The molecule has 0 aromatic heterocycles. The lowest BCUT2D eigenvalue weighted by Gasteiger charge is -2.02. The summed E-state index contributed by atoms with van der Waals surface area (Å²) >= 11 is 5.95. The summed E-state index contributed by atoms with van der Waals surface area (Å²) in [5.74, 6) is 0.0745. The van der Waals surface area contributed by atoms with Crippen molar-refractivity contribution in [3.63, 3.8) is 0 Å². The number of hydrogen-bond donors (Lipinski definition) is 2. The van der Waals surface area contributed by atoms with Crippen molar-refractivity contribution < 1.29 is 4.84 Å². The van der Waals surface area contributed by atoms with Gasteiger partial charge in [0.2, 0.25) is 5.96 Å². The van der Waals surface area contributed by atoms with Gasteiger partial charge in [-0.3, -0.25) is 4.84 Å². The molecule has 0 atom stereocenters. The molecule has 0 spiro atoms. The Morgan fingerprint density at radius 3 is 2.84 bits per heavy atom. The Morgan fingerprint density at radius 1 is 1.42 bits per heavy atom. The van der Waals surface area contributed by atoms with Crippen LogP contribution >= 0.6 is 11.6 Å². The van der Waals surface area contributed by atoms with Gasteiger partial charge in [-0.25, -0.2) is 5.48 Å². The number of benzene rings is 1. The second-order valence-electron chi connectivity index (χ2n) is 3.95. The van der Waals surface area contributed by atoms with Crippen molar-refractivity contribution in [1.29, 1.82) is 0 Å². The Morgan fingerprint density at radius 2 is 2.16 bits per heavy atom. The van der Waals surface area contributed by atoms with Crippen LogP contribution in [0.3, 0.4) is 0 Å². The number of nitrogens with zero attached hydrogens (tertiary/aromatic N) is 2.